The zero-order valence-electron chi connectivity index (χ0n) is 10.7. The van der Waals surface area contributed by atoms with E-state index in [9.17, 15) is 0 Å². The van der Waals surface area contributed by atoms with Gasteiger partial charge in [0, 0.05) is 25.0 Å². The van der Waals surface area contributed by atoms with Crippen molar-refractivity contribution in [3.8, 4) is 0 Å². The van der Waals surface area contributed by atoms with Gasteiger partial charge < -0.3 is 5.32 Å². The molecule has 2 rings (SSSR count). The molecule has 0 bridgehead atoms. The first-order valence-corrected chi connectivity index (χ1v) is 6.19. The number of aromatic nitrogens is 2. The molecule has 0 radical (unpaired) electrons. The SMILES string of the molecule is C=C(CNC(C)Cn1cccn1)c1ccccc1. The Morgan fingerprint density at radius 2 is 2.11 bits per heavy atom. The Morgan fingerprint density at radius 1 is 1.33 bits per heavy atom. The van der Waals surface area contributed by atoms with Crippen LogP contribution < -0.4 is 5.32 Å². The molecule has 1 aromatic carbocycles. The molecule has 0 aliphatic heterocycles. The summed E-state index contributed by atoms with van der Waals surface area (Å²) in [7, 11) is 0. The fourth-order valence-corrected chi connectivity index (χ4v) is 1.83. The van der Waals surface area contributed by atoms with Crippen LogP contribution in [0, 0.1) is 0 Å². The normalized spacial score (nSPS) is 12.3. The topological polar surface area (TPSA) is 29.9 Å². The van der Waals surface area contributed by atoms with Crippen molar-refractivity contribution in [1.82, 2.24) is 15.1 Å². The van der Waals surface area contributed by atoms with E-state index in [2.05, 4.69) is 36.1 Å². The van der Waals surface area contributed by atoms with Gasteiger partial charge in [-0.05, 0) is 24.1 Å². The van der Waals surface area contributed by atoms with Gasteiger partial charge in [-0.3, -0.25) is 4.68 Å². The molecule has 0 aliphatic rings. The van der Waals surface area contributed by atoms with E-state index in [0.29, 0.717) is 6.04 Å². The molecule has 0 spiro atoms. The molecule has 0 saturated carbocycles. The van der Waals surface area contributed by atoms with Gasteiger partial charge in [0.2, 0.25) is 0 Å². The van der Waals surface area contributed by atoms with E-state index in [0.717, 1.165) is 18.7 Å². The molecule has 0 amide bonds. The van der Waals surface area contributed by atoms with Crippen LogP contribution in [0.1, 0.15) is 12.5 Å². The molecule has 1 N–H and O–H groups in total. The highest BCUT2D eigenvalue weighted by Gasteiger charge is 2.04. The van der Waals surface area contributed by atoms with E-state index in [1.165, 1.54) is 5.56 Å². The van der Waals surface area contributed by atoms with Crippen LogP contribution in [0.2, 0.25) is 0 Å². The van der Waals surface area contributed by atoms with E-state index >= 15 is 0 Å². The van der Waals surface area contributed by atoms with Crippen molar-refractivity contribution in [3.63, 3.8) is 0 Å². The van der Waals surface area contributed by atoms with Gasteiger partial charge in [-0.15, -0.1) is 0 Å². The molecule has 0 aliphatic carbocycles. The van der Waals surface area contributed by atoms with E-state index in [-0.39, 0.29) is 0 Å². The number of nitrogens with zero attached hydrogens (tertiary/aromatic N) is 2. The minimum atomic E-state index is 0.366. The maximum Gasteiger partial charge on any atom is 0.0560 e. The summed E-state index contributed by atoms with van der Waals surface area (Å²) in [5.41, 5.74) is 2.30. The van der Waals surface area contributed by atoms with E-state index in [1.807, 2.05) is 35.1 Å². The quantitative estimate of drug-likeness (QED) is 0.842. The molecule has 1 unspecified atom stereocenters. The number of rotatable bonds is 6. The standard InChI is InChI=1S/C15H19N3/c1-13(15-7-4-3-5-8-15)11-16-14(2)12-18-10-6-9-17-18/h3-10,14,16H,1,11-12H2,2H3. The van der Waals surface area contributed by atoms with Gasteiger partial charge in [0.1, 0.15) is 0 Å². The molecule has 0 saturated heterocycles. The summed E-state index contributed by atoms with van der Waals surface area (Å²) in [5, 5.41) is 7.65. The molecule has 2 aromatic rings. The lowest BCUT2D eigenvalue weighted by atomic mass is 10.1. The maximum atomic E-state index is 4.20. The smallest absolute Gasteiger partial charge is 0.0560 e. The second-order valence-corrected chi connectivity index (χ2v) is 4.48. The lowest BCUT2D eigenvalue weighted by Gasteiger charge is -2.15. The third kappa shape index (κ3) is 3.57. The molecule has 3 heteroatoms. The van der Waals surface area contributed by atoms with Gasteiger partial charge in [-0.2, -0.15) is 5.10 Å². The zero-order valence-corrected chi connectivity index (χ0v) is 10.7. The van der Waals surface area contributed by atoms with Gasteiger partial charge in [0.15, 0.2) is 0 Å². The van der Waals surface area contributed by atoms with E-state index < -0.39 is 0 Å². The Labute approximate surface area is 108 Å². The molecule has 94 valence electrons. The fraction of sp³-hybridized carbons (Fsp3) is 0.267. The summed E-state index contributed by atoms with van der Waals surface area (Å²) in [6.07, 6.45) is 3.78. The fourth-order valence-electron chi connectivity index (χ4n) is 1.83. The van der Waals surface area contributed by atoms with Crippen molar-refractivity contribution in [2.45, 2.75) is 19.5 Å². The first kappa shape index (κ1) is 12.6. The van der Waals surface area contributed by atoms with Crippen molar-refractivity contribution >= 4 is 5.57 Å². The molecule has 1 atom stereocenters. The van der Waals surface area contributed by atoms with Gasteiger partial charge in [-0.25, -0.2) is 0 Å². The van der Waals surface area contributed by atoms with Gasteiger partial charge in [0.05, 0.1) is 6.54 Å². The number of benzene rings is 1. The van der Waals surface area contributed by atoms with Crippen molar-refractivity contribution < 1.29 is 0 Å². The number of hydrogen-bond donors (Lipinski definition) is 1. The largest absolute Gasteiger partial charge is 0.308 e. The minimum absolute atomic E-state index is 0.366. The molecule has 3 nitrogen and oxygen atoms in total. The summed E-state index contributed by atoms with van der Waals surface area (Å²) >= 11 is 0. The molecule has 1 heterocycles. The molecular weight excluding hydrogens is 222 g/mol. The van der Waals surface area contributed by atoms with Gasteiger partial charge in [-0.1, -0.05) is 36.9 Å². The summed E-state index contributed by atoms with van der Waals surface area (Å²) < 4.78 is 1.93. The Morgan fingerprint density at radius 3 is 2.78 bits per heavy atom. The Kier molecular flexibility index (Phi) is 4.31. The average Bonchev–Trinajstić information content (AvgIpc) is 2.90. The summed E-state index contributed by atoms with van der Waals surface area (Å²) in [6.45, 7) is 7.93. The Bertz CT molecular complexity index is 474. The summed E-state index contributed by atoms with van der Waals surface area (Å²) in [4.78, 5) is 0. The number of nitrogens with one attached hydrogen (secondary N) is 1. The highest BCUT2D eigenvalue weighted by atomic mass is 15.3. The van der Waals surface area contributed by atoms with Crippen LogP contribution in [0.25, 0.3) is 5.57 Å². The van der Waals surface area contributed by atoms with Crippen molar-refractivity contribution in [2.75, 3.05) is 6.54 Å². The van der Waals surface area contributed by atoms with Gasteiger partial charge in [0.25, 0.3) is 0 Å². The molecule has 0 fully saturated rings. The summed E-state index contributed by atoms with van der Waals surface area (Å²) in [6, 6.07) is 12.6. The van der Waals surface area contributed by atoms with Crippen LogP contribution in [0.3, 0.4) is 0 Å². The second-order valence-electron chi connectivity index (χ2n) is 4.48. The third-order valence-corrected chi connectivity index (χ3v) is 2.87. The molecule has 18 heavy (non-hydrogen) atoms. The van der Waals surface area contributed by atoms with Crippen LogP contribution in [0.15, 0.2) is 55.4 Å². The van der Waals surface area contributed by atoms with E-state index in [4.69, 9.17) is 0 Å². The zero-order chi connectivity index (χ0) is 12.8. The first-order valence-electron chi connectivity index (χ1n) is 6.19. The van der Waals surface area contributed by atoms with Crippen LogP contribution in [0.5, 0.6) is 0 Å². The van der Waals surface area contributed by atoms with Gasteiger partial charge >= 0.3 is 0 Å². The lowest BCUT2D eigenvalue weighted by molar-refractivity contribution is 0.470. The lowest BCUT2D eigenvalue weighted by Crippen LogP contribution is -2.31. The van der Waals surface area contributed by atoms with Crippen LogP contribution >= 0.6 is 0 Å². The predicted molar refractivity (Wildman–Crippen MR) is 75.2 cm³/mol. The molecule has 1 aromatic heterocycles. The summed E-state index contributed by atoms with van der Waals surface area (Å²) in [5.74, 6) is 0. The van der Waals surface area contributed by atoms with Crippen molar-refractivity contribution in [3.05, 3.63) is 60.9 Å². The highest BCUT2D eigenvalue weighted by Crippen LogP contribution is 2.10. The molecular formula is C15H19N3. The van der Waals surface area contributed by atoms with Crippen LogP contribution in [-0.4, -0.2) is 22.4 Å². The Hall–Kier alpha value is -1.87. The third-order valence-electron chi connectivity index (χ3n) is 2.87. The highest BCUT2D eigenvalue weighted by molar-refractivity contribution is 5.64. The van der Waals surface area contributed by atoms with Crippen LogP contribution in [0.4, 0.5) is 0 Å². The maximum absolute atomic E-state index is 4.20. The predicted octanol–water partition coefficient (Wildman–Crippen LogP) is 2.57. The first-order chi connectivity index (χ1) is 8.75. The van der Waals surface area contributed by atoms with Crippen LogP contribution in [-0.2, 0) is 6.54 Å². The monoisotopic (exact) mass is 241 g/mol. The Balaban J connectivity index is 1.79. The van der Waals surface area contributed by atoms with Crippen molar-refractivity contribution in [1.29, 1.82) is 0 Å². The minimum Gasteiger partial charge on any atom is -0.308 e. The van der Waals surface area contributed by atoms with Crippen molar-refractivity contribution in [2.24, 2.45) is 0 Å². The second kappa shape index (κ2) is 6.17. The number of hydrogen-bond acceptors (Lipinski definition) is 2. The van der Waals surface area contributed by atoms with E-state index in [1.54, 1.807) is 6.20 Å². The average molecular weight is 241 g/mol.